The Kier molecular flexibility index (Phi) is 14.9. The lowest BCUT2D eigenvalue weighted by atomic mass is 9.83. The molecule has 0 amide bonds. The van der Waals surface area contributed by atoms with Crippen LogP contribution in [-0.2, 0) is 9.53 Å². The minimum absolute atomic E-state index is 0.190. The minimum Gasteiger partial charge on any atom is -0.466 e. The molecule has 0 aromatic carbocycles. The third-order valence-corrected chi connectivity index (χ3v) is 2.75. The van der Waals surface area contributed by atoms with Gasteiger partial charge in [0.05, 0.1) is 6.61 Å². The Balaban J connectivity index is 0. The summed E-state index contributed by atoms with van der Waals surface area (Å²) in [5.41, 5.74) is 0. The predicted molar refractivity (Wildman–Crippen MR) is 71.9 cm³/mol. The van der Waals surface area contributed by atoms with Crippen molar-refractivity contribution in [3.8, 4) is 0 Å². The van der Waals surface area contributed by atoms with E-state index in [1.165, 1.54) is 6.92 Å². The Morgan fingerprint density at radius 1 is 1.06 bits per heavy atom. The first kappa shape index (κ1) is 18.8. The van der Waals surface area contributed by atoms with Gasteiger partial charge in [-0.3, -0.25) is 4.79 Å². The zero-order valence-corrected chi connectivity index (χ0v) is 12.2. The van der Waals surface area contributed by atoms with Crippen LogP contribution in [0.25, 0.3) is 0 Å². The van der Waals surface area contributed by atoms with E-state index in [1.807, 2.05) is 27.7 Å². The number of hydrogen-bond donors (Lipinski definition) is 1. The van der Waals surface area contributed by atoms with Crippen LogP contribution in [0.5, 0.6) is 0 Å². The first-order valence-electron chi connectivity index (χ1n) is 6.96. The molecule has 0 aromatic heterocycles. The van der Waals surface area contributed by atoms with Gasteiger partial charge in [-0.1, -0.05) is 27.7 Å². The summed E-state index contributed by atoms with van der Waals surface area (Å²) in [6.07, 6.45) is 4.31. The molecule has 0 heterocycles. The van der Waals surface area contributed by atoms with Crippen LogP contribution in [0.4, 0.5) is 0 Å². The van der Waals surface area contributed by atoms with E-state index in [9.17, 15) is 4.79 Å². The smallest absolute Gasteiger partial charge is 0.302 e. The van der Waals surface area contributed by atoms with Gasteiger partial charge < -0.3 is 9.84 Å². The maximum Gasteiger partial charge on any atom is 0.302 e. The van der Waals surface area contributed by atoms with Crippen molar-refractivity contribution in [3.05, 3.63) is 0 Å². The van der Waals surface area contributed by atoms with Crippen LogP contribution in [0.15, 0.2) is 0 Å². The maximum atomic E-state index is 10.5. The molecule has 1 saturated carbocycles. The molecular formula is C14H30O3. The van der Waals surface area contributed by atoms with Crippen molar-refractivity contribution >= 4 is 5.97 Å². The number of esters is 1. The van der Waals surface area contributed by atoms with Gasteiger partial charge >= 0.3 is 5.97 Å². The van der Waals surface area contributed by atoms with Gasteiger partial charge in [0, 0.05) is 13.5 Å². The summed E-state index contributed by atoms with van der Waals surface area (Å²) in [6, 6.07) is 0. The number of hydrogen-bond acceptors (Lipinski definition) is 3. The summed E-state index contributed by atoms with van der Waals surface area (Å²) in [4.78, 5) is 10.5. The molecule has 104 valence electrons. The van der Waals surface area contributed by atoms with Crippen LogP contribution in [0.1, 0.15) is 60.3 Å². The highest BCUT2D eigenvalue weighted by molar-refractivity contribution is 5.65. The molecule has 0 atom stereocenters. The second-order valence-corrected chi connectivity index (χ2v) is 3.87. The van der Waals surface area contributed by atoms with Crippen molar-refractivity contribution in [1.82, 2.24) is 0 Å². The number of carbonyl (C=O) groups is 1. The van der Waals surface area contributed by atoms with E-state index in [0.29, 0.717) is 25.0 Å². The second-order valence-electron chi connectivity index (χ2n) is 3.87. The quantitative estimate of drug-likeness (QED) is 0.776. The summed E-state index contributed by atoms with van der Waals surface area (Å²) in [5.74, 6) is 0.810. The summed E-state index contributed by atoms with van der Waals surface area (Å²) in [6.45, 7) is 10.3. The Morgan fingerprint density at radius 2 is 1.47 bits per heavy atom. The Labute approximate surface area is 107 Å². The van der Waals surface area contributed by atoms with Crippen molar-refractivity contribution in [1.29, 1.82) is 0 Å². The van der Waals surface area contributed by atoms with Crippen LogP contribution in [0.3, 0.4) is 0 Å². The zero-order valence-electron chi connectivity index (χ0n) is 12.2. The lowest BCUT2D eigenvalue weighted by molar-refractivity contribution is -0.142. The van der Waals surface area contributed by atoms with Crippen molar-refractivity contribution < 1.29 is 14.6 Å². The van der Waals surface area contributed by atoms with E-state index in [0.717, 1.165) is 25.7 Å². The molecular weight excluding hydrogens is 216 g/mol. The molecule has 0 aliphatic heterocycles. The molecule has 3 heteroatoms. The van der Waals surface area contributed by atoms with Crippen molar-refractivity contribution in [3.63, 3.8) is 0 Å². The van der Waals surface area contributed by atoms with Gasteiger partial charge in [0.2, 0.25) is 0 Å². The number of aliphatic hydroxyl groups excluding tert-OH is 1. The van der Waals surface area contributed by atoms with Gasteiger partial charge in [0.25, 0.3) is 0 Å². The van der Waals surface area contributed by atoms with E-state index >= 15 is 0 Å². The van der Waals surface area contributed by atoms with Crippen LogP contribution < -0.4 is 0 Å². The maximum absolute atomic E-state index is 10.5. The minimum atomic E-state index is -0.190. The average molecular weight is 246 g/mol. The fourth-order valence-electron chi connectivity index (χ4n) is 1.82. The second kappa shape index (κ2) is 13.5. The highest BCUT2D eigenvalue weighted by Crippen LogP contribution is 2.28. The van der Waals surface area contributed by atoms with E-state index in [4.69, 9.17) is 9.84 Å². The van der Waals surface area contributed by atoms with E-state index in [2.05, 4.69) is 0 Å². The molecule has 1 rings (SSSR count). The Bertz CT molecular complexity index is 161. The van der Waals surface area contributed by atoms with Crippen LogP contribution >= 0.6 is 0 Å². The molecule has 0 radical (unpaired) electrons. The van der Waals surface area contributed by atoms with Gasteiger partial charge in [-0.05, 0) is 37.5 Å². The standard InChI is InChI=1S/C10H18O3.2C2H6/c1-8(12)13-7-10-4-2-9(6-11)3-5-10;2*1-2/h9-11H,2-7H2,1H3;2*1-2H3. The number of rotatable bonds is 3. The Morgan fingerprint density at radius 3 is 1.82 bits per heavy atom. The molecule has 0 saturated heterocycles. The normalized spacial score (nSPS) is 22.5. The molecule has 1 fully saturated rings. The predicted octanol–water partition coefficient (Wildman–Crippen LogP) is 3.40. The van der Waals surface area contributed by atoms with Gasteiger partial charge in [-0.2, -0.15) is 0 Å². The summed E-state index contributed by atoms with van der Waals surface area (Å²) < 4.78 is 4.95. The molecule has 1 aliphatic rings. The topological polar surface area (TPSA) is 46.5 Å². The fourth-order valence-corrected chi connectivity index (χ4v) is 1.82. The SMILES string of the molecule is CC.CC.CC(=O)OCC1CCC(CO)CC1. The lowest BCUT2D eigenvalue weighted by Crippen LogP contribution is -2.21. The van der Waals surface area contributed by atoms with E-state index in [1.54, 1.807) is 0 Å². The van der Waals surface area contributed by atoms with Crippen molar-refractivity contribution in [2.75, 3.05) is 13.2 Å². The molecule has 1 aliphatic carbocycles. The molecule has 0 bridgehead atoms. The van der Waals surface area contributed by atoms with E-state index < -0.39 is 0 Å². The monoisotopic (exact) mass is 246 g/mol. The molecule has 1 N–H and O–H groups in total. The molecule has 17 heavy (non-hydrogen) atoms. The van der Waals surface area contributed by atoms with Gasteiger partial charge in [-0.25, -0.2) is 0 Å². The van der Waals surface area contributed by atoms with Crippen molar-refractivity contribution in [2.45, 2.75) is 60.3 Å². The lowest BCUT2D eigenvalue weighted by Gasteiger charge is -2.26. The first-order valence-corrected chi connectivity index (χ1v) is 6.96. The Hall–Kier alpha value is -0.570. The molecule has 0 aromatic rings. The zero-order chi connectivity index (χ0) is 13.7. The third-order valence-electron chi connectivity index (χ3n) is 2.75. The number of aliphatic hydroxyl groups is 1. The highest BCUT2D eigenvalue weighted by atomic mass is 16.5. The third kappa shape index (κ3) is 10.3. The van der Waals surface area contributed by atoms with Gasteiger partial charge in [0.1, 0.15) is 0 Å². The molecule has 0 unspecified atom stereocenters. The summed E-state index contributed by atoms with van der Waals surface area (Å²) in [5, 5.41) is 8.91. The van der Waals surface area contributed by atoms with Crippen LogP contribution in [-0.4, -0.2) is 24.3 Å². The average Bonchev–Trinajstić information content (AvgIpc) is 2.41. The fraction of sp³-hybridized carbons (Fsp3) is 0.929. The highest BCUT2D eigenvalue weighted by Gasteiger charge is 2.20. The van der Waals surface area contributed by atoms with Crippen LogP contribution in [0.2, 0.25) is 0 Å². The summed E-state index contributed by atoms with van der Waals surface area (Å²) in [7, 11) is 0. The summed E-state index contributed by atoms with van der Waals surface area (Å²) >= 11 is 0. The molecule has 3 nitrogen and oxygen atoms in total. The number of ether oxygens (including phenoxy) is 1. The van der Waals surface area contributed by atoms with Crippen molar-refractivity contribution in [2.24, 2.45) is 11.8 Å². The van der Waals surface area contributed by atoms with Gasteiger partial charge in [-0.15, -0.1) is 0 Å². The number of carbonyl (C=O) groups excluding carboxylic acids is 1. The van der Waals surface area contributed by atoms with E-state index in [-0.39, 0.29) is 5.97 Å². The first-order chi connectivity index (χ1) is 8.22. The largest absolute Gasteiger partial charge is 0.466 e. The van der Waals surface area contributed by atoms with Crippen LogP contribution in [0, 0.1) is 11.8 Å². The van der Waals surface area contributed by atoms with Gasteiger partial charge in [0.15, 0.2) is 0 Å². The molecule has 0 spiro atoms.